The van der Waals surface area contributed by atoms with Crippen molar-refractivity contribution >= 4 is 11.8 Å². The number of nitriles is 1. The van der Waals surface area contributed by atoms with E-state index in [9.17, 15) is 9.59 Å². The lowest BCUT2D eigenvalue weighted by molar-refractivity contribution is -0.139. The van der Waals surface area contributed by atoms with Crippen molar-refractivity contribution in [1.82, 2.24) is 9.80 Å². The van der Waals surface area contributed by atoms with Crippen LogP contribution in [-0.2, 0) is 9.59 Å². The minimum Gasteiger partial charge on any atom is -0.339 e. The molecule has 0 N–H and O–H groups in total. The van der Waals surface area contributed by atoms with Crippen LogP contribution >= 0.6 is 0 Å². The first-order valence-corrected chi connectivity index (χ1v) is 7.62. The second-order valence-corrected chi connectivity index (χ2v) is 6.37. The first kappa shape index (κ1) is 13.4. The van der Waals surface area contributed by atoms with Crippen molar-refractivity contribution in [2.24, 2.45) is 11.8 Å². The molecule has 5 nitrogen and oxygen atoms in total. The molecule has 1 saturated carbocycles. The zero-order chi connectivity index (χ0) is 14.3. The van der Waals surface area contributed by atoms with Crippen LogP contribution in [0.2, 0.25) is 0 Å². The van der Waals surface area contributed by atoms with E-state index in [1.807, 2.05) is 11.8 Å². The van der Waals surface area contributed by atoms with E-state index < -0.39 is 0 Å². The van der Waals surface area contributed by atoms with Crippen molar-refractivity contribution < 1.29 is 9.59 Å². The molecule has 0 unspecified atom stereocenters. The van der Waals surface area contributed by atoms with Gasteiger partial charge in [-0.2, -0.15) is 5.26 Å². The van der Waals surface area contributed by atoms with Gasteiger partial charge >= 0.3 is 0 Å². The van der Waals surface area contributed by atoms with Crippen molar-refractivity contribution in [3.8, 4) is 6.07 Å². The third-order valence-electron chi connectivity index (χ3n) is 5.06. The molecule has 5 heteroatoms. The number of likely N-dealkylation sites (tertiary alicyclic amines) is 2. The highest BCUT2D eigenvalue weighted by atomic mass is 16.2. The molecule has 0 radical (unpaired) electrons. The fraction of sp³-hybridized carbons (Fsp3) is 0.800. The Morgan fingerprint density at radius 1 is 1.45 bits per heavy atom. The fourth-order valence-electron chi connectivity index (χ4n) is 3.94. The summed E-state index contributed by atoms with van der Waals surface area (Å²) in [6.45, 7) is 3.09. The quantitative estimate of drug-likeness (QED) is 0.776. The molecule has 2 heterocycles. The fourth-order valence-corrected chi connectivity index (χ4v) is 3.94. The molecule has 2 aliphatic heterocycles. The van der Waals surface area contributed by atoms with Gasteiger partial charge < -0.3 is 9.80 Å². The Balaban J connectivity index is 1.62. The lowest BCUT2D eigenvalue weighted by Crippen LogP contribution is -2.45. The molecule has 2 bridgehead atoms. The molecule has 108 valence electrons. The van der Waals surface area contributed by atoms with Gasteiger partial charge in [-0.05, 0) is 32.1 Å². The second kappa shape index (κ2) is 5.08. The van der Waals surface area contributed by atoms with E-state index in [4.69, 9.17) is 5.26 Å². The maximum Gasteiger partial charge on any atom is 0.228 e. The molecule has 20 heavy (non-hydrogen) atoms. The first-order valence-electron chi connectivity index (χ1n) is 7.62. The van der Waals surface area contributed by atoms with Crippen molar-refractivity contribution in [2.45, 2.75) is 51.1 Å². The largest absolute Gasteiger partial charge is 0.339 e. The van der Waals surface area contributed by atoms with Crippen LogP contribution in [0.4, 0.5) is 0 Å². The zero-order valence-electron chi connectivity index (χ0n) is 11.9. The minimum atomic E-state index is -0.268. The van der Waals surface area contributed by atoms with E-state index >= 15 is 0 Å². The highest BCUT2D eigenvalue weighted by Crippen LogP contribution is 2.38. The standard InChI is InChI=1S/C15H21N3O2/c1-10(14(19)17-6-2-3-13(17)8-16)9-18-12-5-4-11(7-12)15(18)20/h10-13H,2-7,9H2,1H3/t10-,11+,12-,13-/m0/s1. The van der Waals surface area contributed by atoms with E-state index in [-0.39, 0.29) is 29.7 Å². The average molecular weight is 275 g/mol. The maximum absolute atomic E-state index is 12.5. The van der Waals surface area contributed by atoms with Crippen molar-refractivity contribution in [3.63, 3.8) is 0 Å². The van der Waals surface area contributed by atoms with Gasteiger partial charge in [0.1, 0.15) is 6.04 Å². The number of piperidine rings is 1. The summed E-state index contributed by atoms with van der Waals surface area (Å²) in [4.78, 5) is 28.2. The van der Waals surface area contributed by atoms with Crippen LogP contribution in [0.1, 0.15) is 39.0 Å². The maximum atomic E-state index is 12.5. The minimum absolute atomic E-state index is 0.0321. The molecule has 3 aliphatic rings. The summed E-state index contributed by atoms with van der Waals surface area (Å²) in [6, 6.07) is 2.29. The summed E-state index contributed by atoms with van der Waals surface area (Å²) in [7, 11) is 0. The van der Waals surface area contributed by atoms with Crippen LogP contribution in [0, 0.1) is 23.2 Å². The molecule has 2 saturated heterocycles. The van der Waals surface area contributed by atoms with Gasteiger partial charge in [-0.3, -0.25) is 9.59 Å². The van der Waals surface area contributed by atoms with E-state index in [1.54, 1.807) is 4.90 Å². The molecule has 3 fully saturated rings. The molecule has 0 aromatic carbocycles. The molecule has 0 aromatic rings. The van der Waals surface area contributed by atoms with E-state index in [1.165, 1.54) is 0 Å². The molecule has 0 spiro atoms. The van der Waals surface area contributed by atoms with Crippen molar-refractivity contribution in [1.29, 1.82) is 5.26 Å². The number of nitrogens with zero attached hydrogens (tertiary/aromatic N) is 3. The number of carbonyl (C=O) groups is 2. The lowest BCUT2D eigenvalue weighted by Gasteiger charge is -2.31. The molecular formula is C15H21N3O2. The number of hydrogen-bond acceptors (Lipinski definition) is 3. The van der Waals surface area contributed by atoms with Crippen LogP contribution in [-0.4, -0.2) is 46.8 Å². The van der Waals surface area contributed by atoms with Crippen LogP contribution in [0.15, 0.2) is 0 Å². The van der Waals surface area contributed by atoms with Crippen molar-refractivity contribution in [2.75, 3.05) is 13.1 Å². The van der Waals surface area contributed by atoms with Gasteiger partial charge in [-0.15, -0.1) is 0 Å². The number of amides is 2. The predicted octanol–water partition coefficient (Wildman–Crippen LogP) is 1.15. The molecule has 1 aliphatic carbocycles. The first-order chi connectivity index (χ1) is 9.61. The summed E-state index contributed by atoms with van der Waals surface area (Å²) in [5, 5.41) is 9.07. The smallest absolute Gasteiger partial charge is 0.228 e. The molecule has 4 atom stereocenters. The Hall–Kier alpha value is -1.57. The normalized spacial score (nSPS) is 33.6. The highest BCUT2D eigenvalue weighted by Gasteiger charge is 2.45. The third-order valence-corrected chi connectivity index (χ3v) is 5.06. The Morgan fingerprint density at radius 2 is 2.25 bits per heavy atom. The molecule has 0 aromatic heterocycles. The van der Waals surface area contributed by atoms with E-state index in [2.05, 4.69) is 6.07 Å². The summed E-state index contributed by atoms with van der Waals surface area (Å²) in [6.07, 6.45) is 4.77. The molecule has 2 amide bonds. The topological polar surface area (TPSA) is 64.4 Å². The van der Waals surface area contributed by atoms with Crippen LogP contribution in [0.25, 0.3) is 0 Å². The monoisotopic (exact) mass is 275 g/mol. The Bertz CT molecular complexity index is 470. The van der Waals surface area contributed by atoms with Gasteiger partial charge in [0.15, 0.2) is 0 Å². The van der Waals surface area contributed by atoms with Crippen molar-refractivity contribution in [3.05, 3.63) is 0 Å². The molecule has 3 rings (SSSR count). The number of rotatable bonds is 3. The lowest BCUT2D eigenvalue weighted by atomic mass is 10.1. The Labute approximate surface area is 119 Å². The predicted molar refractivity (Wildman–Crippen MR) is 72.4 cm³/mol. The molecular weight excluding hydrogens is 254 g/mol. The van der Waals surface area contributed by atoms with Crippen LogP contribution in [0.3, 0.4) is 0 Å². The number of hydrogen-bond donors (Lipinski definition) is 0. The average Bonchev–Trinajstić information content (AvgIpc) is 3.15. The highest BCUT2D eigenvalue weighted by molar-refractivity contribution is 5.84. The SMILES string of the molecule is C[C@@H](CN1C(=O)[C@@H]2CC[C@H]1C2)C(=O)N1CCC[C@H]1C#N. The van der Waals surface area contributed by atoms with Gasteiger partial charge in [-0.25, -0.2) is 0 Å². The number of carbonyl (C=O) groups excluding carboxylic acids is 2. The zero-order valence-corrected chi connectivity index (χ0v) is 11.9. The third kappa shape index (κ3) is 2.07. The van der Waals surface area contributed by atoms with Gasteiger partial charge in [-0.1, -0.05) is 6.92 Å². The van der Waals surface area contributed by atoms with Gasteiger partial charge in [0.25, 0.3) is 0 Å². The summed E-state index contributed by atoms with van der Waals surface area (Å²) in [5.74, 6) is 0.275. The second-order valence-electron chi connectivity index (χ2n) is 6.37. The van der Waals surface area contributed by atoms with Crippen LogP contribution < -0.4 is 0 Å². The summed E-state index contributed by atoms with van der Waals surface area (Å²) in [5.41, 5.74) is 0. The number of fused-ring (bicyclic) bond motifs is 2. The van der Waals surface area contributed by atoms with Gasteiger partial charge in [0, 0.05) is 25.0 Å². The van der Waals surface area contributed by atoms with E-state index in [0.717, 1.165) is 32.1 Å². The Morgan fingerprint density at radius 3 is 2.90 bits per heavy atom. The summed E-state index contributed by atoms with van der Waals surface area (Å²) < 4.78 is 0. The van der Waals surface area contributed by atoms with Gasteiger partial charge in [0.05, 0.1) is 12.0 Å². The summed E-state index contributed by atoms with van der Waals surface area (Å²) >= 11 is 0. The van der Waals surface area contributed by atoms with Gasteiger partial charge in [0.2, 0.25) is 11.8 Å². The Kier molecular flexibility index (Phi) is 3.41. The van der Waals surface area contributed by atoms with E-state index in [0.29, 0.717) is 19.1 Å². The van der Waals surface area contributed by atoms with Crippen LogP contribution in [0.5, 0.6) is 0 Å².